The number of hydrogen-bond acceptors (Lipinski definition) is 4. The van der Waals surface area contributed by atoms with Crippen molar-refractivity contribution in [2.24, 2.45) is 12.0 Å². The van der Waals surface area contributed by atoms with Crippen molar-refractivity contribution >= 4 is 17.3 Å². The van der Waals surface area contributed by atoms with Crippen LogP contribution < -0.4 is 5.32 Å². The minimum Gasteiger partial charge on any atom is -0.370 e. The molecule has 3 rings (SSSR count). The van der Waals surface area contributed by atoms with Crippen LogP contribution in [0.3, 0.4) is 0 Å². The fourth-order valence-electron chi connectivity index (χ4n) is 2.80. The fraction of sp³-hybridized carbons (Fsp3) is 0.529. The van der Waals surface area contributed by atoms with Crippen LogP contribution in [0.4, 0.5) is 0 Å². The van der Waals surface area contributed by atoms with Gasteiger partial charge in [-0.25, -0.2) is 0 Å². The van der Waals surface area contributed by atoms with E-state index in [4.69, 9.17) is 9.73 Å². The SMILES string of the molecule is CCNC(=NCCc1cccs1)N1CCOC(c2cnn(C)c2)C1. The molecule has 2 aromatic heterocycles. The third kappa shape index (κ3) is 4.36. The first-order valence-electron chi connectivity index (χ1n) is 8.42. The molecular weight excluding hydrogens is 322 g/mol. The van der Waals surface area contributed by atoms with Crippen LogP contribution >= 0.6 is 11.3 Å². The van der Waals surface area contributed by atoms with E-state index in [-0.39, 0.29) is 6.10 Å². The quantitative estimate of drug-likeness (QED) is 0.664. The van der Waals surface area contributed by atoms with Crippen LogP contribution in [0.1, 0.15) is 23.5 Å². The number of aliphatic imine (C=N–C) groups is 1. The van der Waals surface area contributed by atoms with Gasteiger partial charge in [-0.05, 0) is 18.4 Å². The summed E-state index contributed by atoms with van der Waals surface area (Å²) in [6.07, 6.45) is 4.95. The predicted octanol–water partition coefficient (Wildman–Crippen LogP) is 2.06. The van der Waals surface area contributed by atoms with Crippen molar-refractivity contribution in [3.8, 4) is 0 Å². The molecular formula is C17H25N5OS. The highest BCUT2D eigenvalue weighted by molar-refractivity contribution is 7.09. The van der Waals surface area contributed by atoms with Gasteiger partial charge in [0.2, 0.25) is 0 Å². The van der Waals surface area contributed by atoms with Crippen LogP contribution in [-0.2, 0) is 18.2 Å². The average Bonchev–Trinajstić information content (AvgIpc) is 3.26. The summed E-state index contributed by atoms with van der Waals surface area (Å²) in [6, 6.07) is 4.26. The van der Waals surface area contributed by atoms with Crippen molar-refractivity contribution in [2.45, 2.75) is 19.4 Å². The molecule has 7 heteroatoms. The van der Waals surface area contributed by atoms with Crippen molar-refractivity contribution in [1.29, 1.82) is 0 Å². The van der Waals surface area contributed by atoms with Crippen molar-refractivity contribution in [3.63, 3.8) is 0 Å². The lowest BCUT2D eigenvalue weighted by Crippen LogP contribution is -2.48. The van der Waals surface area contributed by atoms with Gasteiger partial charge in [-0.3, -0.25) is 9.67 Å². The Morgan fingerprint density at radius 3 is 3.17 bits per heavy atom. The van der Waals surface area contributed by atoms with Crippen LogP contribution in [0.15, 0.2) is 34.9 Å². The number of thiophene rings is 1. The van der Waals surface area contributed by atoms with Gasteiger partial charge in [0.25, 0.3) is 0 Å². The number of nitrogens with zero attached hydrogens (tertiary/aromatic N) is 4. The molecule has 0 aliphatic carbocycles. The zero-order valence-corrected chi connectivity index (χ0v) is 15.1. The molecule has 0 radical (unpaired) electrons. The van der Waals surface area contributed by atoms with E-state index in [2.05, 4.69) is 39.8 Å². The van der Waals surface area contributed by atoms with E-state index < -0.39 is 0 Å². The molecule has 24 heavy (non-hydrogen) atoms. The number of rotatable bonds is 5. The standard InChI is InChI=1S/C17H25N5OS/c1-3-18-17(19-7-6-15-5-4-10-24-15)22-8-9-23-16(13-22)14-11-20-21(2)12-14/h4-5,10-12,16H,3,6-9,13H2,1-2H3,(H,18,19). The summed E-state index contributed by atoms with van der Waals surface area (Å²) in [5.74, 6) is 0.978. The first-order chi connectivity index (χ1) is 11.8. The van der Waals surface area contributed by atoms with Gasteiger partial charge in [-0.1, -0.05) is 6.07 Å². The van der Waals surface area contributed by atoms with E-state index in [0.717, 1.165) is 44.1 Å². The second kappa shape index (κ2) is 8.30. The molecule has 0 saturated carbocycles. The molecule has 2 aromatic rings. The van der Waals surface area contributed by atoms with Crippen LogP contribution in [0.25, 0.3) is 0 Å². The van der Waals surface area contributed by atoms with Gasteiger partial charge in [0.15, 0.2) is 5.96 Å². The maximum absolute atomic E-state index is 5.92. The van der Waals surface area contributed by atoms with Gasteiger partial charge >= 0.3 is 0 Å². The summed E-state index contributed by atoms with van der Waals surface area (Å²) < 4.78 is 7.74. The number of aryl methyl sites for hydroxylation is 1. The zero-order chi connectivity index (χ0) is 16.8. The third-order valence-electron chi connectivity index (χ3n) is 4.00. The molecule has 1 fully saturated rings. The lowest BCUT2D eigenvalue weighted by atomic mass is 10.1. The summed E-state index contributed by atoms with van der Waals surface area (Å²) in [4.78, 5) is 8.48. The van der Waals surface area contributed by atoms with E-state index in [1.807, 2.05) is 24.1 Å². The Bertz CT molecular complexity index is 652. The average molecular weight is 347 g/mol. The van der Waals surface area contributed by atoms with Crippen molar-refractivity contribution in [2.75, 3.05) is 32.8 Å². The van der Waals surface area contributed by atoms with Crippen LogP contribution in [0.5, 0.6) is 0 Å². The van der Waals surface area contributed by atoms with Gasteiger partial charge in [0, 0.05) is 49.7 Å². The minimum absolute atomic E-state index is 0.0496. The predicted molar refractivity (Wildman–Crippen MR) is 97.5 cm³/mol. The maximum atomic E-state index is 5.92. The molecule has 6 nitrogen and oxygen atoms in total. The molecule has 1 N–H and O–H groups in total. The Kier molecular flexibility index (Phi) is 5.87. The van der Waals surface area contributed by atoms with E-state index in [0.29, 0.717) is 6.61 Å². The first kappa shape index (κ1) is 17.0. The molecule has 1 atom stereocenters. The van der Waals surface area contributed by atoms with Crippen LogP contribution in [-0.4, -0.2) is 53.4 Å². The Labute approximate surface area is 147 Å². The molecule has 3 heterocycles. The molecule has 0 bridgehead atoms. The number of guanidine groups is 1. The van der Waals surface area contributed by atoms with E-state index in [9.17, 15) is 0 Å². The van der Waals surface area contributed by atoms with Crippen molar-refractivity contribution in [1.82, 2.24) is 20.0 Å². The smallest absolute Gasteiger partial charge is 0.194 e. The summed E-state index contributed by atoms with van der Waals surface area (Å²) >= 11 is 1.79. The zero-order valence-electron chi connectivity index (χ0n) is 14.3. The highest BCUT2D eigenvalue weighted by Crippen LogP contribution is 2.21. The highest BCUT2D eigenvalue weighted by Gasteiger charge is 2.25. The summed E-state index contributed by atoms with van der Waals surface area (Å²) in [5.41, 5.74) is 1.12. The van der Waals surface area contributed by atoms with Crippen LogP contribution in [0.2, 0.25) is 0 Å². The molecule has 130 valence electrons. The van der Waals surface area contributed by atoms with E-state index in [1.54, 1.807) is 11.3 Å². The molecule has 0 aromatic carbocycles. The maximum Gasteiger partial charge on any atom is 0.194 e. The summed E-state index contributed by atoms with van der Waals surface area (Å²) in [6.45, 7) is 6.14. The van der Waals surface area contributed by atoms with Crippen molar-refractivity contribution in [3.05, 3.63) is 40.3 Å². The Morgan fingerprint density at radius 2 is 2.46 bits per heavy atom. The van der Waals surface area contributed by atoms with Gasteiger partial charge in [-0.15, -0.1) is 11.3 Å². The lowest BCUT2D eigenvalue weighted by molar-refractivity contribution is -0.00803. The van der Waals surface area contributed by atoms with E-state index in [1.165, 1.54) is 4.88 Å². The second-order valence-corrected chi connectivity index (χ2v) is 6.85. The minimum atomic E-state index is 0.0496. The number of ether oxygens (including phenoxy) is 1. The second-order valence-electron chi connectivity index (χ2n) is 5.82. The first-order valence-corrected chi connectivity index (χ1v) is 9.30. The summed E-state index contributed by atoms with van der Waals surface area (Å²) in [7, 11) is 1.93. The fourth-order valence-corrected chi connectivity index (χ4v) is 3.50. The summed E-state index contributed by atoms with van der Waals surface area (Å²) in [5, 5.41) is 9.78. The van der Waals surface area contributed by atoms with Crippen molar-refractivity contribution < 1.29 is 4.74 Å². The Morgan fingerprint density at radius 1 is 1.54 bits per heavy atom. The number of hydrogen-bond donors (Lipinski definition) is 1. The molecule has 1 unspecified atom stereocenters. The van der Waals surface area contributed by atoms with E-state index >= 15 is 0 Å². The molecule has 0 spiro atoms. The molecule has 1 aliphatic rings. The number of aromatic nitrogens is 2. The third-order valence-corrected chi connectivity index (χ3v) is 4.93. The van der Waals surface area contributed by atoms with Gasteiger partial charge in [0.1, 0.15) is 6.10 Å². The van der Waals surface area contributed by atoms with Gasteiger partial charge in [-0.2, -0.15) is 5.10 Å². The number of nitrogens with one attached hydrogen (secondary N) is 1. The number of morpholine rings is 1. The molecule has 1 saturated heterocycles. The Balaban J connectivity index is 1.63. The molecule has 0 amide bonds. The normalized spacial score (nSPS) is 18.8. The lowest BCUT2D eigenvalue weighted by Gasteiger charge is -2.34. The Hall–Kier alpha value is -1.86. The topological polar surface area (TPSA) is 54.7 Å². The highest BCUT2D eigenvalue weighted by atomic mass is 32.1. The van der Waals surface area contributed by atoms with Gasteiger partial charge in [0.05, 0.1) is 19.3 Å². The monoisotopic (exact) mass is 347 g/mol. The largest absolute Gasteiger partial charge is 0.370 e. The van der Waals surface area contributed by atoms with Crippen LogP contribution in [0, 0.1) is 0 Å². The van der Waals surface area contributed by atoms with Gasteiger partial charge < -0.3 is 15.0 Å². The molecule has 1 aliphatic heterocycles.